The third-order valence-electron chi connectivity index (χ3n) is 5.36. The van der Waals surface area contributed by atoms with Crippen LogP contribution in [-0.4, -0.2) is 34.3 Å². The van der Waals surface area contributed by atoms with Crippen molar-refractivity contribution in [1.29, 1.82) is 0 Å². The van der Waals surface area contributed by atoms with E-state index < -0.39 is 68.5 Å². The Labute approximate surface area is 166 Å². The lowest BCUT2D eigenvalue weighted by molar-refractivity contribution is 0.0695. The molecule has 30 heavy (non-hydrogen) atoms. The molecule has 0 aliphatic carbocycles. The van der Waals surface area contributed by atoms with E-state index in [4.69, 9.17) is 5.73 Å². The van der Waals surface area contributed by atoms with Crippen molar-refractivity contribution in [2.45, 2.75) is 19.0 Å². The van der Waals surface area contributed by atoms with Gasteiger partial charge < -0.3 is 20.3 Å². The van der Waals surface area contributed by atoms with Gasteiger partial charge in [0, 0.05) is 30.9 Å². The van der Waals surface area contributed by atoms with Crippen LogP contribution in [0.3, 0.4) is 0 Å². The number of nitrogens with two attached hydrogens (primary N) is 1. The smallest absolute Gasteiger partial charge is 0.341 e. The summed E-state index contributed by atoms with van der Waals surface area (Å²) in [5.74, 6) is -5.95. The van der Waals surface area contributed by atoms with Crippen molar-refractivity contribution in [2.24, 2.45) is 5.73 Å². The number of halogens is 4. The molecule has 0 amide bonds. The number of anilines is 1. The van der Waals surface area contributed by atoms with Gasteiger partial charge in [0.1, 0.15) is 28.7 Å². The van der Waals surface area contributed by atoms with Crippen LogP contribution in [0.5, 0.6) is 0 Å². The molecule has 4 rings (SSSR count). The maximum Gasteiger partial charge on any atom is 0.341 e. The van der Waals surface area contributed by atoms with E-state index >= 15 is 4.39 Å². The van der Waals surface area contributed by atoms with Crippen molar-refractivity contribution in [3.05, 3.63) is 69.5 Å². The first-order valence-electron chi connectivity index (χ1n) is 8.90. The van der Waals surface area contributed by atoms with Gasteiger partial charge in [0.2, 0.25) is 5.43 Å². The summed E-state index contributed by atoms with van der Waals surface area (Å²) in [5, 5.41) is 8.74. The Bertz CT molecular complexity index is 1270. The van der Waals surface area contributed by atoms with E-state index in [0.717, 1.165) is 29.0 Å². The third kappa shape index (κ3) is 2.83. The van der Waals surface area contributed by atoms with E-state index in [1.807, 2.05) is 0 Å². The van der Waals surface area contributed by atoms with Crippen molar-refractivity contribution in [3.63, 3.8) is 0 Å². The first-order chi connectivity index (χ1) is 14.1. The Hall–Kier alpha value is -3.40. The van der Waals surface area contributed by atoms with Gasteiger partial charge in [-0.15, -0.1) is 0 Å². The van der Waals surface area contributed by atoms with E-state index in [-0.39, 0.29) is 12.6 Å². The van der Waals surface area contributed by atoms with Gasteiger partial charge in [-0.25, -0.2) is 22.4 Å². The summed E-state index contributed by atoms with van der Waals surface area (Å²) in [7, 11) is 0. The molecule has 2 atom stereocenters. The van der Waals surface area contributed by atoms with Crippen LogP contribution in [0.2, 0.25) is 0 Å². The largest absolute Gasteiger partial charge is 0.477 e. The molecule has 1 fully saturated rings. The molecule has 1 aromatic heterocycles. The molecular formula is C20H15F4N3O3. The third-order valence-corrected chi connectivity index (χ3v) is 5.36. The van der Waals surface area contributed by atoms with Crippen LogP contribution < -0.4 is 16.1 Å². The van der Waals surface area contributed by atoms with Gasteiger partial charge in [0.05, 0.1) is 16.6 Å². The molecule has 0 radical (unpaired) electrons. The zero-order chi connectivity index (χ0) is 21.9. The second-order valence-electron chi connectivity index (χ2n) is 7.12. The zero-order valence-electron chi connectivity index (χ0n) is 15.5. The molecule has 0 bridgehead atoms. The standard InChI is InChI=1S/C20H15F4N3O3/c1-8-14(25)7-26(8)18-13(23)5-10-17(16(18)24)27(6-11(19(10)28)20(29)30)15-3-2-9(21)4-12(15)22/h2-6,8,14H,7,25H2,1H3,(H,29,30)/t8-,14+/m1/s1. The van der Waals surface area contributed by atoms with E-state index in [9.17, 15) is 27.9 Å². The molecular weight excluding hydrogens is 406 g/mol. The first-order valence-corrected chi connectivity index (χ1v) is 8.90. The summed E-state index contributed by atoms with van der Waals surface area (Å²) in [6.07, 6.45) is 0.735. The average molecular weight is 421 g/mol. The fraction of sp³-hybridized carbons (Fsp3) is 0.200. The number of rotatable bonds is 3. The summed E-state index contributed by atoms with van der Waals surface area (Å²) < 4.78 is 58.9. The molecule has 156 valence electrons. The summed E-state index contributed by atoms with van der Waals surface area (Å²) >= 11 is 0. The molecule has 10 heteroatoms. The number of aromatic carboxylic acids is 1. The van der Waals surface area contributed by atoms with Gasteiger partial charge in [0.15, 0.2) is 5.82 Å². The van der Waals surface area contributed by atoms with Gasteiger partial charge >= 0.3 is 5.97 Å². The number of carbonyl (C=O) groups is 1. The number of hydrogen-bond donors (Lipinski definition) is 2. The highest BCUT2D eigenvalue weighted by atomic mass is 19.1. The second kappa shape index (κ2) is 6.84. The highest BCUT2D eigenvalue weighted by Gasteiger charge is 2.37. The second-order valence-corrected chi connectivity index (χ2v) is 7.12. The first kappa shape index (κ1) is 19.9. The van der Waals surface area contributed by atoms with Gasteiger partial charge in [-0.05, 0) is 25.1 Å². The number of nitrogens with zero attached hydrogens (tertiary/aromatic N) is 2. The van der Waals surface area contributed by atoms with E-state index in [2.05, 4.69) is 0 Å². The SMILES string of the molecule is C[C@@H]1[C@@H](N)CN1c1c(F)cc2c(=O)c(C(=O)O)cn(-c3ccc(F)cc3F)c2c1F. The molecule has 1 aliphatic rings. The minimum atomic E-state index is -1.66. The molecule has 2 aromatic carbocycles. The van der Waals surface area contributed by atoms with E-state index in [0.29, 0.717) is 6.07 Å². The average Bonchev–Trinajstić information content (AvgIpc) is 2.68. The Kier molecular flexibility index (Phi) is 4.53. The number of aromatic nitrogens is 1. The quantitative estimate of drug-likeness (QED) is 0.635. The molecule has 0 spiro atoms. The van der Waals surface area contributed by atoms with Crippen molar-refractivity contribution in [3.8, 4) is 5.69 Å². The molecule has 3 aromatic rings. The lowest BCUT2D eigenvalue weighted by atomic mass is 9.97. The van der Waals surface area contributed by atoms with Crippen molar-refractivity contribution >= 4 is 22.6 Å². The zero-order valence-corrected chi connectivity index (χ0v) is 15.5. The normalized spacial score (nSPS) is 18.5. The summed E-state index contributed by atoms with van der Waals surface area (Å²) in [6, 6.07) is 2.39. The van der Waals surface area contributed by atoms with Crippen LogP contribution in [0, 0.1) is 23.3 Å². The Morgan fingerprint density at radius 2 is 1.87 bits per heavy atom. The lowest BCUT2D eigenvalue weighted by Crippen LogP contribution is -2.63. The minimum absolute atomic E-state index is 0.156. The van der Waals surface area contributed by atoms with Gasteiger partial charge in [-0.1, -0.05) is 0 Å². The number of pyridine rings is 1. The number of fused-ring (bicyclic) bond motifs is 1. The highest BCUT2D eigenvalue weighted by Crippen LogP contribution is 2.35. The van der Waals surface area contributed by atoms with Gasteiger partial charge in [-0.3, -0.25) is 4.79 Å². The van der Waals surface area contributed by atoms with Crippen molar-refractivity contribution in [1.82, 2.24) is 4.57 Å². The van der Waals surface area contributed by atoms with Gasteiger partial charge in [-0.2, -0.15) is 0 Å². The number of hydrogen-bond acceptors (Lipinski definition) is 4. The Morgan fingerprint density at radius 3 is 2.43 bits per heavy atom. The van der Waals surface area contributed by atoms with Crippen molar-refractivity contribution in [2.75, 3.05) is 11.4 Å². The van der Waals surface area contributed by atoms with Crippen LogP contribution in [0.25, 0.3) is 16.6 Å². The summed E-state index contributed by atoms with van der Waals surface area (Å²) in [5.41, 5.74) is 2.45. The minimum Gasteiger partial charge on any atom is -0.477 e. The van der Waals surface area contributed by atoms with Gasteiger partial charge in [0.25, 0.3) is 0 Å². The predicted molar refractivity (Wildman–Crippen MR) is 101 cm³/mol. The van der Waals surface area contributed by atoms with Crippen LogP contribution >= 0.6 is 0 Å². The van der Waals surface area contributed by atoms with Crippen LogP contribution in [-0.2, 0) is 0 Å². The maximum absolute atomic E-state index is 15.5. The van der Waals surface area contributed by atoms with E-state index in [1.54, 1.807) is 6.92 Å². The monoisotopic (exact) mass is 421 g/mol. The molecule has 1 aliphatic heterocycles. The maximum atomic E-state index is 15.5. The number of carboxylic acids is 1. The number of carboxylic acid groups (broad SMARTS) is 1. The Balaban J connectivity index is 2.12. The molecule has 0 unspecified atom stereocenters. The predicted octanol–water partition coefficient (Wildman–Crippen LogP) is 2.78. The Morgan fingerprint density at radius 1 is 1.17 bits per heavy atom. The number of benzene rings is 2. The molecule has 2 heterocycles. The topological polar surface area (TPSA) is 88.6 Å². The fourth-order valence-corrected chi connectivity index (χ4v) is 3.62. The van der Waals surface area contributed by atoms with Crippen molar-refractivity contribution < 1.29 is 27.5 Å². The van der Waals surface area contributed by atoms with Crippen LogP contribution in [0.1, 0.15) is 17.3 Å². The fourth-order valence-electron chi connectivity index (χ4n) is 3.62. The molecule has 0 saturated carbocycles. The summed E-state index contributed by atoms with van der Waals surface area (Å²) in [4.78, 5) is 25.4. The highest BCUT2D eigenvalue weighted by molar-refractivity contribution is 5.94. The lowest BCUT2D eigenvalue weighted by Gasteiger charge is -2.46. The molecule has 1 saturated heterocycles. The van der Waals surface area contributed by atoms with E-state index in [1.165, 1.54) is 4.90 Å². The molecule has 3 N–H and O–H groups in total. The summed E-state index contributed by atoms with van der Waals surface area (Å²) in [6.45, 7) is 1.82. The van der Waals surface area contributed by atoms with Crippen LogP contribution in [0.15, 0.2) is 35.3 Å². The molecule has 6 nitrogen and oxygen atoms in total. The van der Waals surface area contributed by atoms with Crippen LogP contribution in [0.4, 0.5) is 23.2 Å².